The summed E-state index contributed by atoms with van der Waals surface area (Å²) < 4.78 is 30.3. The van der Waals surface area contributed by atoms with Crippen LogP contribution < -0.4 is 4.31 Å². The van der Waals surface area contributed by atoms with Crippen LogP contribution in [0, 0.1) is 13.8 Å². The molecule has 1 atom stereocenters. The van der Waals surface area contributed by atoms with E-state index < -0.39 is 10.0 Å². The van der Waals surface area contributed by atoms with Gasteiger partial charge in [-0.25, -0.2) is 8.42 Å². The molecule has 34 heavy (non-hydrogen) atoms. The molecule has 7 nitrogen and oxygen atoms in total. The third-order valence-electron chi connectivity index (χ3n) is 7.19. The van der Waals surface area contributed by atoms with Gasteiger partial charge in [0.2, 0.25) is 5.91 Å². The third-order valence-corrected chi connectivity index (χ3v) is 9.26. The molecule has 0 bridgehead atoms. The first-order valence-electron chi connectivity index (χ1n) is 11.8. The second-order valence-electron chi connectivity index (χ2n) is 9.22. The number of nitrogens with zero attached hydrogens (tertiary/aromatic N) is 4. The average Bonchev–Trinajstić information content (AvgIpc) is 3.39. The molecule has 1 amide bonds. The minimum atomic E-state index is -3.78. The number of aryl methyl sites for hydroxylation is 2. The molecule has 178 valence electrons. The van der Waals surface area contributed by atoms with Gasteiger partial charge in [0, 0.05) is 13.6 Å². The van der Waals surface area contributed by atoms with Gasteiger partial charge >= 0.3 is 0 Å². The highest BCUT2D eigenvalue weighted by Crippen LogP contribution is 2.35. The van der Waals surface area contributed by atoms with E-state index in [4.69, 9.17) is 0 Å². The predicted octanol–water partition coefficient (Wildman–Crippen LogP) is 3.79. The van der Waals surface area contributed by atoms with Crippen LogP contribution in [0.1, 0.15) is 47.0 Å². The Morgan fingerprint density at radius 1 is 1.06 bits per heavy atom. The van der Waals surface area contributed by atoms with E-state index in [0.29, 0.717) is 24.4 Å². The van der Waals surface area contributed by atoms with Gasteiger partial charge in [-0.15, -0.1) is 0 Å². The summed E-state index contributed by atoms with van der Waals surface area (Å²) in [5, 5.41) is 4.48. The number of likely N-dealkylation sites (N-methyl/N-ethyl adjacent to an activating group) is 1. The van der Waals surface area contributed by atoms with Gasteiger partial charge in [-0.1, -0.05) is 42.5 Å². The van der Waals surface area contributed by atoms with E-state index in [1.165, 1.54) is 20.1 Å². The van der Waals surface area contributed by atoms with Crippen LogP contribution in [0.2, 0.25) is 0 Å². The third kappa shape index (κ3) is 3.70. The fraction of sp³-hybridized carbons (Fsp3) is 0.385. The number of rotatable bonds is 5. The molecule has 1 aliphatic heterocycles. The first-order valence-corrected chi connectivity index (χ1v) is 13.2. The van der Waals surface area contributed by atoms with Crippen molar-refractivity contribution in [1.29, 1.82) is 0 Å². The van der Waals surface area contributed by atoms with Crippen molar-refractivity contribution in [3.8, 4) is 0 Å². The van der Waals surface area contributed by atoms with Crippen LogP contribution in [-0.2, 0) is 34.2 Å². The van der Waals surface area contributed by atoms with Crippen molar-refractivity contribution >= 4 is 21.6 Å². The first kappa shape index (κ1) is 22.7. The number of carbonyl (C=O) groups is 1. The number of amides is 1. The fourth-order valence-electron chi connectivity index (χ4n) is 5.42. The van der Waals surface area contributed by atoms with Crippen LogP contribution in [0.25, 0.3) is 0 Å². The molecule has 5 rings (SSSR count). The quantitative estimate of drug-likeness (QED) is 0.559. The highest BCUT2D eigenvalue weighted by Gasteiger charge is 2.35. The molecular formula is C26H30N4O3S. The van der Waals surface area contributed by atoms with E-state index in [1.807, 2.05) is 43.4 Å². The smallest absolute Gasteiger partial charge is 0.268 e. The summed E-state index contributed by atoms with van der Waals surface area (Å²) in [6.07, 6.45) is 3.68. The molecule has 2 aromatic carbocycles. The number of para-hydroxylation sites is 1. The fourth-order valence-corrected chi connectivity index (χ4v) is 7.30. The van der Waals surface area contributed by atoms with Crippen LogP contribution in [0.5, 0.6) is 0 Å². The number of fused-ring (bicyclic) bond motifs is 2. The second kappa shape index (κ2) is 8.58. The maximum Gasteiger partial charge on any atom is 0.268 e. The van der Waals surface area contributed by atoms with Crippen molar-refractivity contribution in [1.82, 2.24) is 14.7 Å². The lowest BCUT2D eigenvalue weighted by atomic mass is 9.87. The van der Waals surface area contributed by atoms with Gasteiger partial charge in [0.1, 0.15) is 11.4 Å². The van der Waals surface area contributed by atoms with Crippen molar-refractivity contribution in [3.05, 3.63) is 76.6 Å². The lowest BCUT2D eigenvalue weighted by Gasteiger charge is -2.33. The molecule has 1 aliphatic carbocycles. The maximum absolute atomic E-state index is 13.6. The number of sulfonamides is 1. The van der Waals surface area contributed by atoms with Crippen LogP contribution in [0.4, 0.5) is 5.69 Å². The maximum atomic E-state index is 13.6. The molecule has 0 saturated carbocycles. The van der Waals surface area contributed by atoms with Gasteiger partial charge in [-0.2, -0.15) is 5.10 Å². The molecule has 0 spiro atoms. The van der Waals surface area contributed by atoms with E-state index in [0.717, 1.165) is 30.5 Å². The normalized spacial score (nSPS) is 17.4. The Morgan fingerprint density at radius 2 is 1.76 bits per heavy atom. The van der Waals surface area contributed by atoms with Crippen molar-refractivity contribution in [2.45, 2.75) is 57.0 Å². The van der Waals surface area contributed by atoms with Gasteiger partial charge in [-0.05, 0) is 62.3 Å². The number of benzene rings is 2. The molecule has 8 heteroatoms. The minimum Gasteiger partial charge on any atom is -0.337 e. The first-order chi connectivity index (χ1) is 16.3. The summed E-state index contributed by atoms with van der Waals surface area (Å²) in [7, 11) is -1.95. The topological polar surface area (TPSA) is 75.5 Å². The molecular weight excluding hydrogens is 448 g/mol. The SMILES string of the molecule is Cc1nn(CC(=O)N(C)[C@@H]2CCCc3ccccc32)c(C)c1S(=O)(=O)N1CCc2ccccc21. The Hall–Kier alpha value is -3.13. The van der Waals surface area contributed by atoms with Gasteiger partial charge in [-0.3, -0.25) is 13.8 Å². The number of aromatic nitrogens is 2. The summed E-state index contributed by atoms with van der Waals surface area (Å²) in [6, 6.07) is 15.9. The van der Waals surface area contributed by atoms with Gasteiger partial charge in [0.05, 0.1) is 23.1 Å². The lowest BCUT2D eigenvalue weighted by Crippen LogP contribution is -2.36. The zero-order chi connectivity index (χ0) is 24.0. The van der Waals surface area contributed by atoms with E-state index in [9.17, 15) is 13.2 Å². The average molecular weight is 479 g/mol. The molecule has 0 saturated heterocycles. The van der Waals surface area contributed by atoms with E-state index in [1.54, 1.807) is 18.7 Å². The van der Waals surface area contributed by atoms with Gasteiger partial charge in [0.25, 0.3) is 10.0 Å². The molecule has 1 aromatic heterocycles. The van der Waals surface area contributed by atoms with Gasteiger partial charge in [0.15, 0.2) is 0 Å². The Bertz CT molecular complexity index is 1360. The second-order valence-corrected chi connectivity index (χ2v) is 11.0. The Balaban J connectivity index is 1.40. The van der Waals surface area contributed by atoms with Crippen LogP contribution in [0.15, 0.2) is 53.4 Å². The summed E-state index contributed by atoms with van der Waals surface area (Å²) in [5.74, 6) is -0.0808. The Morgan fingerprint density at radius 3 is 2.56 bits per heavy atom. The highest BCUT2D eigenvalue weighted by atomic mass is 32.2. The molecule has 0 N–H and O–H groups in total. The molecule has 2 aliphatic rings. The molecule has 0 radical (unpaired) electrons. The van der Waals surface area contributed by atoms with Crippen molar-refractivity contribution in [3.63, 3.8) is 0 Å². The Kier molecular flexibility index (Phi) is 5.72. The van der Waals surface area contributed by atoms with Gasteiger partial charge < -0.3 is 4.90 Å². The summed E-state index contributed by atoms with van der Waals surface area (Å²) in [4.78, 5) is 15.3. The minimum absolute atomic E-state index is 0.00788. The summed E-state index contributed by atoms with van der Waals surface area (Å²) >= 11 is 0. The summed E-state index contributed by atoms with van der Waals surface area (Å²) in [5.41, 5.74) is 5.16. The molecule has 3 aromatic rings. The number of anilines is 1. The monoisotopic (exact) mass is 478 g/mol. The van der Waals surface area contributed by atoms with Crippen molar-refractivity contribution in [2.75, 3.05) is 17.9 Å². The van der Waals surface area contributed by atoms with Crippen LogP contribution in [0.3, 0.4) is 0 Å². The van der Waals surface area contributed by atoms with E-state index in [-0.39, 0.29) is 23.4 Å². The number of hydrogen-bond donors (Lipinski definition) is 0. The highest BCUT2D eigenvalue weighted by molar-refractivity contribution is 7.93. The lowest BCUT2D eigenvalue weighted by molar-refractivity contribution is -0.133. The van der Waals surface area contributed by atoms with Crippen molar-refractivity contribution in [2.24, 2.45) is 0 Å². The van der Waals surface area contributed by atoms with Crippen LogP contribution >= 0.6 is 0 Å². The largest absolute Gasteiger partial charge is 0.337 e. The van der Waals surface area contributed by atoms with E-state index in [2.05, 4.69) is 17.2 Å². The van der Waals surface area contributed by atoms with E-state index >= 15 is 0 Å². The predicted molar refractivity (Wildman–Crippen MR) is 131 cm³/mol. The number of hydrogen-bond acceptors (Lipinski definition) is 4. The zero-order valence-corrected chi connectivity index (χ0v) is 20.7. The van der Waals surface area contributed by atoms with Crippen molar-refractivity contribution < 1.29 is 13.2 Å². The molecule has 0 unspecified atom stereocenters. The standard InChI is InChI=1S/C26H30N4O3S/c1-18-26(34(32,33)30-16-15-21-10-5-7-13-23(21)30)19(2)29(27-18)17-25(31)28(3)24-14-8-11-20-9-4-6-12-22(20)24/h4-7,9-10,12-13,24H,8,11,14-17H2,1-3H3/t24-/m1/s1. The molecule has 0 fully saturated rings. The Labute approximate surface area is 201 Å². The summed E-state index contributed by atoms with van der Waals surface area (Å²) in [6.45, 7) is 3.85. The number of carbonyl (C=O) groups excluding carboxylic acids is 1. The van der Waals surface area contributed by atoms with Crippen LogP contribution in [-0.4, -0.2) is 42.6 Å². The molecule has 2 heterocycles. The zero-order valence-electron chi connectivity index (χ0n) is 19.9.